The Bertz CT molecular complexity index is 210. The molecule has 0 radical (unpaired) electrons. The molecule has 13 heavy (non-hydrogen) atoms. The van der Waals surface area contributed by atoms with Crippen molar-refractivity contribution in [3.05, 3.63) is 24.8 Å². The highest BCUT2D eigenvalue weighted by atomic mass is 16.3. The van der Waals surface area contributed by atoms with Gasteiger partial charge in [0.05, 0.1) is 12.2 Å². The van der Waals surface area contributed by atoms with Gasteiger partial charge in [-0.25, -0.2) is 0 Å². The summed E-state index contributed by atoms with van der Waals surface area (Å²) in [5.41, 5.74) is -0.111. The average molecular weight is 182 g/mol. The summed E-state index contributed by atoms with van der Waals surface area (Å²) in [7, 11) is 0. The van der Waals surface area contributed by atoms with Crippen molar-refractivity contribution in [3.8, 4) is 0 Å². The largest absolute Gasteiger partial charge is 0.392 e. The van der Waals surface area contributed by atoms with Gasteiger partial charge in [-0.1, -0.05) is 25.5 Å². The van der Waals surface area contributed by atoms with Gasteiger partial charge in [-0.05, 0) is 18.4 Å². The topological polar surface area (TPSA) is 40.5 Å². The van der Waals surface area contributed by atoms with E-state index >= 15 is 0 Å². The zero-order chi connectivity index (χ0) is 9.90. The third kappa shape index (κ3) is 2.01. The van der Waals surface area contributed by atoms with Crippen molar-refractivity contribution in [1.82, 2.24) is 0 Å². The van der Waals surface area contributed by atoms with Gasteiger partial charge in [-0.3, -0.25) is 0 Å². The van der Waals surface area contributed by atoms with Crippen LogP contribution in [0.1, 0.15) is 25.7 Å². The predicted octanol–water partition coefficient (Wildman–Crippen LogP) is 1.64. The molecule has 1 fully saturated rings. The van der Waals surface area contributed by atoms with Crippen molar-refractivity contribution in [3.63, 3.8) is 0 Å². The molecule has 0 aliphatic heterocycles. The Morgan fingerprint density at radius 1 is 1.54 bits per heavy atom. The molecule has 0 spiro atoms. The van der Waals surface area contributed by atoms with E-state index in [2.05, 4.69) is 13.2 Å². The summed E-state index contributed by atoms with van der Waals surface area (Å²) < 4.78 is 0. The molecule has 0 amide bonds. The van der Waals surface area contributed by atoms with Crippen LogP contribution in [0.4, 0.5) is 0 Å². The zero-order valence-electron chi connectivity index (χ0n) is 8.00. The third-order valence-electron chi connectivity index (χ3n) is 2.97. The van der Waals surface area contributed by atoms with E-state index in [1.807, 2.05) is 0 Å². The summed E-state index contributed by atoms with van der Waals surface area (Å²) in [5.74, 6) is -0.0104. The molecule has 0 bridgehead atoms. The van der Waals surface area contributed by atoms with Gasteiger partial charge in [-0.2, -0.15) is 0 Å². The summed E-state index contributed by atoms with van der Waals surface area (Å²) in [6.07, 6.45) is 5.36. The quantitative estimate of drug-likeness (QED) is 0.651. The second kappa shape index (κ2) is 4.07. The minimum absolute atomic E-state index is 0.0104. The molecule has 0 saturated heterocycles. The van der Waals surface area contributed by atoms with Gasteiger partial charge in [0, 0.05) is 5.92 Å². The Balaban J connectivity index is 2.78. The molecule has 0 aromatic heterocycles. The first kappa shape index (κ1) is 10.5. The molecule has 1 aliphatic rings. The van der Waals surface area contributed by atoms with Crippen LogP contribution in [0.3, 0.4) is 0 Å². The standard InChI is InChI=1S/C11H18O2/c1-3-11(13)7-5-4-6-10(11)9(2)8-12/h3,10,12-13H,1-2,4-8H2/t10-,11+/m1/s1. The van der Waals surface area contributed by atoms with Crippen molar-refractivity contribution < 1.29 is 10.2 Å². The molecule has 2 N–H and O–H groups in total. The second-order valence-electron chi connectivity index (χ2n) is 3.81. The van der Waals surface area contributed by atoms with Gasteiger partial charge in [0.15, 0.2) is 0 Å². The Hall–Kier alpha value is -0.600. The van der Waals surface area contributed by atoms with Crippen LogP contribution < -0.4 is 0 Å². The van der Waals surface area contributed by atoms with Gasteiger partial charge in [0.2, 0.25) is 0 Å². The summed E-state index contributed by atoms with van der Waals surface area (Å²) in [4.78, 5) is 0. The minimum atomic E-state index is -0.835. The smallest absolute Gasteiger partial charge is 0.0890 e. The van der Waals surface area contributed by atoms with E-state index < -0.39 is 5.60 Å². The van der Waals surface area contributed by atoms with Crippen LogP contribution >= 0.6 is 0 Å². The summed E-state index contributed by atoms with van der Waals surface area (Å²) >= 11 is 0. The summed E-state index contributed by atoms with van der Waals surface area (Å²) in [5, 5.41) is 19.1. The number of aliphatic hydroxyl groups excluding tert-OH is 1. The van der Waals surface area contributed by atoms with Crippen LogP contribution in [-0.2, 0) is 0 Å². The first-order valence-electron chi connectivity index (χ1n) is 4.78. The van der Waals surface area contributed by atoms with Crippen molar-refractivity contribution in [2.75, 3.05) is 6.61 Å². The van der Waals surface area contributed by atoms with Crippen LogP contribution in [0.25, 0.3) is 0 Å². The molecule has 2 atom stereocenters. The monoisotopic (exact) mass is 182 g/mol. The minimum Gasteiger partial charge on any atom is -0.392 e. The molecule has 0 aromatic carbocycles. The first-order chi connectivity index (χ1) is 6.14. The number of aliphatic hydroxyl groups is 2. The van der Waals surface area contributed by atoms with Gasteiger partial charge < -0.3 is 10.2 Å². The van der Waals surface area contributed by atoms with Crippen molar-refractivity contribution in [1.29, 1.82) is 0 Å². The molecule has 0 heterocycles. The van der Waals surface area contributed by atoms with Crippen LogP contribution in [-0.4, -0.2) is 22.4 Å². The van der Waals surface area contributed by atoms with Gasteiger partial charge in [-0.15, -0.1) is 6.58 Å². The van der Waals surface area contributed by atoms with Crippen LogP contribution in [0.15, 0.2) is 24.8 Å². The van der Waals surface area contributed by atoms with Gasteiger partial charge in [0.1, 0.15) is 0 Å². The Morgan fingerprint density at radius 2 is 2.23 bits per heavy atom. The number of rotatable bonds is 3. The number of hydrogen-bond donors (Lipinski definition) is 2. The lowest BCUT2D eigenvalue weighted by Crippen LogP contribution is -2.40. The fourth-order valence-corrected chi connectivity index (χ4v) is 2.09. The van der Waals surface area contributed by atoms with Gasteiger partial charge >= 0.3 is 0 Å². The van der Waals surface area contributed by atoms with E-state index in [9.17, 15) is 5.11 Å². The van der Waals surface area contributed by atoms with Crippen LogP contribution in [0.5, 0.6) is 0 Å². The second-order valence-corrected chi connectivity index (χ2v) is 3.81. The van der Waals surface area contributed by atoms with Crippen molar-refractivity contribution >= 4 is 0 Å². The Labute approximate surface area is 79.6 Å². The summed E-state index contributed by atoms with van der Waals surface area (Å²) in [6, 6.07) is 0. The molecule has 2 heteroatoms. The van der Waals surface area contributed by atoms with Crippen molar-refractivity contribution in [2.45, 2.75) is 31.3 Å². The van der Waals surface area contributed by atoms with Gasteiger partial charge in [0.25, 0.3) is 0 Å². The molecule has 2 nitrogen and oxygen atoms in total. The molecule has 74 valence electrons. The SMILES string of the molecule is C=C[C@]1(O)CCCC[C@@H]1C(=C)CO. The first-order valence-corrected chi connectivity index (χ1v) is 4.78. The van der Waals surface area contributed by atoms with Crippen molar-refractivity contribution in [2.24, 2.45) is 5.92 Å². The highest BCUT2D eigenvalue weighted by Gasteiger charge is 2.37. The number of hydrogen-bond acceptors (Lipinski definition) is 2. The maximum Gasteiger partial charge on any atom is 0.0890 e. The van der Waals surface area contributed by atoms with E-state index in [0.717, 1.165) is 31.3 Å². The average Bonchev–Trinajstić information content (AvgIpc) is 2.17. The van der Waals surface area contributed by atoms with E-state index in [-0.39, 0.29) is 12.5 Å². The van der Waals surface area contributed by atoms with Crippen LogP contribution in [0, 0.1) is 5.92 Å². The fourth-order valence-electron chi connectivity index (χ4n) is 2.09. The highest BCUT2D eigenvalue weighted by Crippen LogP contribution is 2.38. The lowest BCUT2D eigenvalue weighted by atomic mass is 9.72. The van der Waals surface area contributed by atoms with E-state index in [1.54, 1.807) is 6.08 Å². The molecular formula is C11H18O2. The maximum atomic E-state index is 10.2. The summed E-state index contributed by atoms with van der Waals surface area (Å²) in [6.45, 7) is 7.39. The molecule has 1 aliphatic carbocycles. The molecule has 0 unspecified atom stereocenters. The fraction of sp³-hybridized carbons (Fsp3) is 0.636. The molecule has 1 saturated carbocycles. The lowest BCUT2D eigenvalue weighted by Gasteiger charge is -2.38. The van der Waals surface area contributed by atoms with E-state index in [4.69, 9.17) is 5.11 Å². The Morgan fingerprint density at radius 3 is 2.77 bits per heavy atom. The lowest BCUT2D eigenvalue weighted by molar-refractivity contribution is 0.00762. The molecule has 1 rings (SSSR count). The van der Waals surface area contributed by atoms with E-state index in [1.165, 1.54) is 0 Å². The third-order valence-corrected chi connectivity index (χ3v) is 2.97. The normalized spacial score (nSPS) is 34.2. The predicted molar refractivity (Wildman–Crippen MR) is 53.3 cm³/mol. The van der Waals surface area contributed by atoms with Crippen LogP contribution in [0.2, 0.25) is 0 Å². The Kier molecular flexibility index (Phi) is 3.28. The molecule has 0 aromatic rings. The van der Waals surface area contributed by atoms with E-state index in [0.29, 0.717) is 0 Å². The maximum absolute atomic E-state index is 10.2. The highest BCUT2D eigenvalue weighted by molar-refractivity contribution is 5.15. The molecular weight excluding hydrogens is 164 g/mol. The zero-order valence-corrected chi connectivity index (χ0v) is 8.00.